The number of carbonyl (C=O) groups is 1. The van der Waals surface area contributed by atoms with Crippen LogP contribution < -0.4 is 5.56 Å². The van der Waals surface area contributed by atoms with Gasteiger partial charge in [-0.15, -0.1) is 0 Å². The summed E-state index contributed by atoms with van der Waals surface area (Å²) in [5.41, 5.74) is 1.32. The number of esters is 1. The van der Waals surface area contributed by atoms with Gasteiger partial charge < -0.3 is 4.74 Å². The monoisotopic (exact) mass is 465 g/mol. The molecule has 1 heterocycles. The number of aromatic nitrogens is 1. The number of benzene rings is 3. The fourth-order valence-corrected chi connectivity index (χ4v) is 3.93. The lowest BCUT2D eigenvalue weighted by atomic mass is 9.96. The maximum absolute atomic E-state index is 14.4. The zero-order valence-electron chi connectivity index (χ0n) is 16.1. The van der Waals surface area contributed by atoms with Crippen molar-refractivity contribution < 1.29 is 13.9 Å². The normalized spacial score (nSPS) is 10.9. The molecule has 3 aromatic carbocycles. The molecule has 0 amide bonds. The summed E-state index contributed by atoms with van der Waals surface area (Å²) in [6, 6.07) is 20.8. The maximum atomic E-state index is 14.4. The Balaban J connectivity index is 2.14. The van der Waals surface area contributed by atoms with Gasteiger partial charge in [0, 0.05) is 21.0 Å². The van der Waals surface area contributed by atoms with E-state index in [1.54, 1.807) is 36.4 Å². The number of hydrogen-bond acceptors (Lipinski definition) is 3. The number of carbonyl (C=O) groups excluding carboxylic acids is 1. The van der Waals surface area contributed by atoms with Crippen molar-refractivity contribution in [1.82, 2.24) is 4.57 Å². The Bertz CT molecular complexity index is 1320. The van der Waals surface area contributed by atoms with E-state index in [4.69, 9.17) is 4.74 Å². The van der Waals surface area contributed by atoms with Gasteiger partial charge in [0.05, 0.1) is 13.7 Å². The molecule has 0 aliphatic carbocycles. The first-order chi connectivity index (χ1) is 14.5. The van der Waals surface area contributed by atoms with Gasteiger partial charge in [0.2, 0.25) is 0 Å². The van der Waals surface area contributed by atoms with Crippen molar-refractivity contribution in [2.24, 2.45) is 0 Å². The summed E-state index contributed by atoms with van der Waals surface area (Å²) in [6.45, 7) is -0.0955. The Hall–Kier alpha value is -3.25. The van der Waals surface area contributed by atoms with Crippen molar-refractivity contribution in [2.45, 2.75) is 6.54 Å². The van der Waals surface area contributed by atoms with E-state index in [9.17, 15) is 14.0 Å². The van der Waals surface area contributed by atoms with Crippen LogP contribution in [0.3, 0.4) is 0 Å². The molecule has 0 saturated carbocycles. The minimum Gasteiger partial charge on any atom is -0.464 e. The molecule has 0 saturated heterocycles. The predicted molar refractivity (Wildman–Crippen MR) is 118 cm³/mol. The third-order valence-electron chi connectivity index (χ3n) is 4.96. The summed E-state index contributed by atoms with van der Waals surface area (Å²) < 4.78 is 21.5. The zero-order valence-corrected chi connectivity index (χ0v) is 17.6. The van der Waals surface area contributed by atoms with Crippen LogP contribution in [0.25, 0.3) is 21.9 Å². The molecule has 0 spiro atoms. The van der Waals surface area contributed by atoms with Crippen LogP contribution in [0.2, 0.25) is 0 Å². The lowest BCUT2D eigenvalue weighted by Gasteiger charge is -2.19. The highest BCUT2D eigenvalue weighted by Gasteiger charge is 2.24. The highest BCUT2D eigenvalue weighted by atomic mass is 79.9. The Labute approximate surface area is 180 Å². The van der Waals surface area contributed by atoms with E-state index in [0.717, 1.165) is 10.0 Å². The SMILES string of the molecule is COC(=O)c1c(-c2ccccc2)c2cc(Br)ccc2c(=O)n1Cc1ccccc1F. The third-order valence-corrected chi connectivity index (χ3v) is 5.45. The number of fused-ring (bicyclic) bond motifs is 1. The van der Waals surface area contributed by atoms with Gasteiger partial charge in [0.15, 0.2) is 0 Å². The van der Waals surface area contributed by atoms with Gasteiger partial charge in [-0.1, -0.05) is 64.5 Å². The van der Waals surface area contributed by atoms with Crippen LogP contribution in [0.5, 0.6) is 0 Å². The van der Waals surface area contributed by atoms with Gasteiger partial charge >= 0.3 is 5.97 Å². The van der Waals surface area contributed by atoms with Crippen LogP contribution in [0.1, 0.15) is 16.1 Å². The average Bonchev–Trinajstić information content (AvgIpc) is 2.76. The van der Waals surface area contributed by atoms with Crippen LogP contribution >= 0.6 is 15.9 Å². The first-order valence-corrected chi connectivity index (χ1v) is 10.0. The number of methoxy groups -OCH3 is 1. The Morgan fingerprint density at radius 3 is 2.40 bits per heavy atom. The third kappa shape index (κ3) is 3.55. The minimum absolute atomic E-state index is 0.0857. The van der Waals surface area contributed by atoms with Crippen LogP contribution in [0.4, 0.5) is 4.39 Å². The number of hydrogen-bond donors (Lipinski definition) is 0. The smallest absolute Gasteiger partial charge is 0.355 e. The highest BCUT2D eigenvalue weighted by Crippen LogP contribution is 2.33. The maximum Gasteiger partial charge on any atom is 0.355 e. The first-order valence-electron chi connectivity index (χ1n) is 9.24. The number of rotatable bonds is 4. The lowest BCUT2D eigenvalue weighted by Crippen LogP contribution is -2.29. The van der Waals surface area contributed by atoms with Crippen LogP contribution in [0, 0.1) is 5.82 Å². The molecule has 0 bridgehead atoms. The molecule has 4 nitrogen and oxygen atoms in total. The van der Waals surface area contributed by atoms with Gasteiger partial charge in [-0.25, -0.2) is 9.18 Å². The molecular formula is C24H17BrFNO3. The largest absolute Gasteiger partial charge is 0.464 e. The van der Waals surface area contributed by atoms with Crippen molar-refractivity contribution in [3.8, 4) is 11.1 Å². The molecule has 0 aliphatic heterocycles. The average molecular weight is 466 g/mol. The Morgan fingerprint density at radius 1 is 1.00 bits per heavy atom. The van der Waals surface area contributed by atoms with Crippen molar-refractivity contribution >= 4 is 32.7 Å². The summed E-state index contributed by atoms with van der Waals surface area (Å²) in [5.74, 6) is -1.11. The molecule has 0 atom stereocenters. The topological polar surface area (TPSA) is 48.3 Å². The summed E-state index contributed by atoms with van der Waals surface area (Å²) in [5, 5.41) is 1.05. The molecule has 0 fully saturated rings. The molecule has 0 N–H and O–H groups in total. The van der Waals surface area contributed by atoms with Crippen molar-refractivity contribution in [3.63, 3.8) is 0 Å². The van der Waals surface area contributed by atoms with Gasteiger partial charge in [-0.2, -0.15) is 0 Å². The molecule has 150 valence electrons. The minimum atomic E-state index is -0.663. The van der Waals surface area contributed by atoms with Crippen molar-refractivity contribution in [3.05, 3.63) is 105 Å². The van der Waals surface area contributed by atoms with Crippen molar-refractivity contribution in [2.75, 3.05) is 7.11 Å². The summed E-state index contributed by atoms with van der Waals surface area (Å²) >= 11 is 3.45. The van der Waals surface area contributed by atoms with Crippen LogP contribution in [-0.2, 0) is 11.3 Å². The number of halogens is 2. The second kappa shape index (κ2) is 8.24. The molecule has 0 radical (unpaired) electrons. The fourth-order valence-electron chi connectivity index (χ4n) is 3.57. The molecule has 0 aliphatic rings. The molecule has 1 aromatic heterocycles. The Kier molecular flexibility index (Phi) is 5.50. The summed E-state index contributed by atoms with van der Waals surface area (Å²) in [4.78, 5) is 26.3. The lowest BCUT2D eigenvalue weighted by molar-refractivity contribution is 0.0588. The summed E-state index contributed by atoms with van der Waals surface area (Å²) in [7, 11) is 1.26. The first kappa shape index (κ1) is 20.0. The van der Waals surface area contributed by atoms with Crippen molar-refractivity contribution in [1.29, 1.82) is 0 Å². The Morgan fingerprint density at radius 2 is 1.70 bits per heavy atom. The highest BCUT2D eigenvalue weighted by molar-refractivity contribution is 9.10. The van der Waals surface area contributed by atoms with E-state index >= 15 is 0 Å². The molecule has 4 aromatic rings. The molecule has 0 unspecified atom stereocenters. The zero-order chi connectivity index (χ0) is 21.3. The number of nitrogens with zero attached hydrogens (tertiary/aromatic N) is 1. The second-order valence-corrected chi connectivity index (χ2v) is 7.67. The molecule has 30 heavy (non-hydrogen) atoms. The molecule has 4 rings (SSSR count). The van der Waals surface area contributed by atoms with E-state index in [2.05, 4.69) is 15.9 Å². The van der Waals surface area contributed by atoms with Gasteiger partial charge in [-0.3, -0.25) is 9.36 Å². The van der Waals surface area contributed by atoms with Crippen LogP contribution in [0.15, 0.2) is 82.1 Å². The molecular weight excluding hydrogens is 449 g/mol. The standard InChI is InChI=1S/C24H17BrFNO3/c1-30-24(29)22-21(15-7-3-2-4-8-15)19-13-17(25)11-12-18(19)23(28)27(22)14-16-9-5-6-10-20(16)26/h2-13H,14H2,1H3. The van der Waals surface area contributed by atoms with E-state index in [1.807, 2.05) is 30.3 Å². The second-order valence-electron chi connectivity index (χ2n) is 6.75. The number of pyridine rings is 1. The van der Waals surface area contributed by atoms with Crippen LogP contribution in [-0.4, -0.2) is 17.6 Å². The van der Waals surface area contributed by atoms with E-state index in [0.29, 0.717) is 21.9 Å². The molecule has 6 heteroatoms. The fraction of sp³-hybridized carbons (Fsp3) is 0.0833. The van der Waals surface area contributed by atoms with Gasteiger partial charge in [0.25, 0.3) is 5.56 Å². The number of ether oxygens (including phenoxy) is 1. The summed E-state index contributed by atoms with van der Waals surface area (Å²) in [6.07, 6.45) is 0. The van der Waals surface area contributed by atoms with E-state index < -0.39 is 11.8 Å². The van der Waals surface area contributed by atoms with E-state index in [1.165, 1.54) is 17.7 Å². The predicted octanol–water partition coefficient (Wildman–Crippen LogP) is 5.41. The van der Waals surface area contributed by atoms with Gasteiger partial charge in [0.1, 0.15) is 11.5 Å². The van der Waals surface area contributed by atoms with Gasteiger partial charge in [-0.05, 0) is 35.2 Å². The van der Waals surface area contributed by atoms with E-state index in [-0.39, 0.29) is 17.8 Å². The quantitative estimate of drug-likeness (QED) is 0.378.